The molecule has 3 rings (SSSR count). The standard InChI is InChI=1S/C14H11NO4S/c16-11-7-10-13(14(18)15-11)8(6-12(17)19-10)3-4-9-2-1-5-20-9/h1-2,5-6H,3-4,7H2,(H,15,16,18). The molecule has 6 heteroatoms. The average molecular weight is 289 g/mol. The lowest BCUT2D eigenvalue weighted by molar-refractivity contribution is -0.120. The number of thiophene rings is 1. The van der Waals surface area contributed by atoms with Gasteiger partial charge >= 0.3 is 5.63 Å². The summed E-state index contributed by atoms with van der Waals surface area (Å²) in [5.41, 5.74) is 0.447. The van der Waals surface area contributed by atoms with E-state index in [9.17, 15) is 14.4 Å². The van der Waals surface area contributed by atoms with E-state index in [1.54, 1.807) is 11.3 Å². The van der Waals surface area contributed by atoms with E-state index in [1.165, 1.54) is 10.9 Å². The number of hydrogen-bond donors (Lipinski definition) is 1. The summed E-state index contributed by atoms with van der Waals surface area (Å²) >= 11 is 1.63. The third-order valence-corrected chi connectivity index (χ3v) is 4.07. The first-order valence-corrected chi connectivity index (χ1v) is 7.04. The van der Waals surface area contributed by atoms with Crippen molar-refractivity contribution in [3.63, 3.8) is 0 Å². The van der Waals surface area contributed by atoms with Gasteiger partial charge in [0.15, 0.2) is 0 Å². The van der Waals surface area contributed by atoms with Crippen LogP contribution in [-0.2, 0) is 24.1 Å². The third kappa shape index (κ3) is 2.42. The minimum Gasteiger partial charge on any atom is -0.426 e. The normalized spacial score (nSPS) is 14.0. The maximum atomic E-state index is 11.9. The zero-order chi connectivity index (χ0) is 14.1. The van der Waals surface area contributed by atoms with Gasteiger partial charge in [0.2, 0.25) is 5.91 Å². The van der Waals surface area contributed by atoms with Crippen molar-refractivity contribution in [3.8, 4) is 0 Å². The van der Waals surface area contributed by atoms with Gasteiger partial charge in [0, 0.05) is 10.9 Å². The molecule has 1 N–H and O–H groups in total. The lowest BCUT2D eigenvalue weighted by atomic mass is 9.98. The minimum absolute atomic E-state index is 0.0663. The van der Waals surface area contributed by atoms with E-state index in [2.05, 4.69) is 5.32 Å². The molecule has 0 atom stereocenters. The summed E-state index contributed by atoms with van der Waals surface area (Å²) in [7, 11) is 0. The van der Waals surface area contributed by atoms with Crippen LogP contribution >= 0.6 is 11.3 Å². The van der Waals surface area contributed by atoms with Crippen molar-refractivity contribution in [1.29, 1.82) is 0 Å². The van der Waals surface area contributed by atoms with Gasteiger partial charge in [0.1, 0.15) is 5.76 Å². The van der Waals surface area contributed by atoms with Crippen LogP contribution in [0.4, 0.5) is 0 Å². The average Bonchev–Trinajstić information content (AvgIpc) is 2.87. The Morgan fingerprint density at radius 2 is 2.10 bits per heavy atom. The summed E-state index contributed by atoms with van der Waals surface area (Å²) in [4.78, 5) is 35.9. The summed E-state index contributed by atoms with van der Waals surface area (Å²) in [6.45, 7) is 0. The second-order valence-corrected chi connectivity index (χ2v) is 5.55. The number of rotatable bonds is 3. The van der Waals surface area contributed by atoms with E-state index in [0.717, 1.165) is 6.42 Å². The molecule has 1 aliphatic rings. The van der Waals surface area contributed by atoms with Gasteiger partial charge in [-0.05, 0) is 29.9 Å². The molecule has 2 amide bonds. The van der Waals surface area contributed by atoms with Crippen LogP contribution in [0, 0.1) is 0 Å². The summed E-state index contributed by atoms with van der Waals surface area (Å²) in [6.07, 6.45) is 1.24. The van der Waals surface area contributed by atoms with Crippen LogP contribution in [0.3, 0.4) is 0 Å². The van der Waals surface area contributed by atoms with Gasteiger partial charge in [-0.2, -0.15) is 0 Å². The van der Waals surface area contributed by atoms with Gasteiger partial charge in [-0.3, -0.25) is 14.9 Å². The summed E-state index contributed by atoms with van der Waals surface area (Å²) in [5.74, 6) is -0.755. The predicted molar refractivity (Wildman–Crippen MR) is 72.9 cm³/mol. The Kier molecular flexibility index (Phi) is 3.23. The van der Waals surface area contributed by atoms with E-state index in [-0.39, 0.29) is 12.2 Å². The van der Waals surface area contributed by atoms with Crippen molar-refractivity contribution in [3.05, 3.63) is 55.8 Å². The second kappa shape index (κ2) is 5.05. The molecule has 1 aliphatic heterocycles. The first-order chi connectivity index (χ1) is 9.63. The number of fused-ring (bicyclic) bond motifs is 1. The van der Waals surface area contributed by atoms with Crippen molar-refractivity contribution < 1.29 is 14.0 Å². The van der Waals surface area contributed by atoms with Crippen LogP contribution in [0.25, 0.3) is 0 Å². The zero-order valence-electron chi connectivity index (χ0n) is 10.5. The van der Waals surface area contributed by atoms with Crippen LogP contribution in [0.2, 0.25) is 0 Å². The molecule has 3 heterocycles. The van der Waals surface area contributed by atoms with Crippen LogP contribution in [0.5, 0.6) is 0 Å². The first-order valence-electron chi connectivity index (χ1n) is 6.16. The van der Waals surface area contributed by atoms with Crippen molar-refractivity contribution >= 4 is 23.2 Å². The molecular formula is C14H11NO4S. The summed E-state index contributed by atoms with van der Waals surface area (Å²) < 4.78 is 4.98. The maximum absolute atomic E-state index is 11.9. The monoisotopic (exact) mass is 289 g/mol. The molecule has 0 saturated heterocycles. The molecule has 5 nitrogen and oxygen atoms in total. The largest absolute Gasteiger partial charge is 0.426 e. The molecule has 0 aliphatic carbocycles. The number of hydrogen-bond acceptors (Lipinski definition) is 5. The number of imide groups is 1. The SMILES string of the molecule is O=C1Cc2oc(=O)cc(CCc3cccs3)c2C(=O)N1. The fourth-order valence-corrected chi connectivity index (χ4v) is 2.99. The van der Waals surface area contributed by atoms with Crippen molar-refractivity contribution in [2.24, 2.45) is 0 Å². The van der Waals surface area contributed by atoms with Crippen molar-refractivity contribution in [2.45, 2.75) is 19.3 Å². The van der Waals surface area contributed by atoms with E-state index in [1.807, 2.05) is 17.5 Å². The van der Waals surface area contributed by atoms with Gasteiger partial charge in [0.05, 0.1) is 12.0 Å². The number of amides is 2. The van der Waals surface area contributed by atoms with E-state index in [4.69, 9.17) is 4.42 Å². The highest BCUT2D eigenvalue weighted by Gasteiger charge is 2.27. The van der Waals surface area contributed by atoms with Gasteiger partial charge < -0.3 is 4.42 Å². The quantitative estimate of drug-likeness (QED) is 0.864. The maximum Gasteiger partial charge on any atom is 0.336 e. The Bertz CT molecular complexity index is 730. The molecule has 0 bridgehead atoms. The molecule has 0 fully saturated rings. The molecule has 0 spiro atoms. The molecule has 102 valence electrons. The third-order valence-electron chi connectivity index (χ3n) is 3.14. The van der Waals surface area contributed by atoms with Gasteiger partial charge in [0.25, 0.3) is 5.91 Å². The number of nitrogens with one attached hydrogen (secondary N) is 1. The summed E-state index contributed by atoms with van der Waals surface area (Å²) in [5, 5.41) is 4.23. The molecule has 0 unspecified atom stereocenters. The Hall–Kier alpha value is -2.21. The lowest BCUT2D eigenvalue weighted by Gasteiger charge is -2.16. The van der Waals surface area contributed by atoms with Gasteiger partial charge in [-0.15, -0.1) is 11.3 Å². The highest BCUT2D eigenvalue weighted by Crippen LogP contribution is 2.20. The highest BCUT2D eigenvalue weighted by atomic mass is 32.1. The number of aryl methyl sites for hydroxylation is 2. The van der Waals surface area contributed by atoms with Crippen LogP contribution in [0.1, 0.15) is 26.6 Å². The van der Waals surface area contributed by atoms with E-state index in [0.29, 0.717) is 17.5 Å². The Labute approximate surface area is 118 Å². The Morgan fingerprint density at radius 3 is 2.85 bits per heavy atom. The van der Waals surface area contributed by atoms with E-state index >= 15 is 0 Å². The minimum atomic E-state index is -0.521. The Balaban J connectivity index is 1.96. The van der Waals surface area contributed by atoms with Crippen molar-refractivity contribution in [2.75, 3.05) is 0 Å². The molecular weight excluding hydrogens is 278 g/mol. The van der Waals surface area contributed by atoms with Crippen LogP contribution < -0.4 is 10.9 Å². The smallest absolute Gasteiger partial charge is 0.336 e. The highest BCUT2D eigenvalue weighted by molar-refractivity contribution is 7.09. The molecule has 2 aromatic heterocycles. The topological polar surface area (TPSA) is 76.4 Å². The van der Waals surface area contributed by atoms with Crippen molar-refractivity contribution in [1.82, 2.24) is 5.32 Å². The number of carbonyl (C=O) groups is 2. The van der Waals surface area contributed by atoms with Gasteiger partial charge in [-0.1, -0.05) is 6.07 Å². The van der Waals surface area contributed by atoms with Gasteiger partial charge in [-0.25, -0.2) is 4.79 Å². The molecule has 2 aromatic rings. The first kappa shape index (κ1) is 12.8. The van der Waals surface area contributed by atoms with Crippen LogP contribution in [0.15, 0.2) is 32.8 Å². The molecule has 0 saturated carbocycles. The molecule has 0 radical (unpaired) electrons. The van der Waals surface area contributed by atoms with E-state index < -0.39 is 17.4 Å². The molecule has 20 heavy (non-hydrogen) atoms. The fourth-order valence-electron chi connectivity index (χ4n) is 2.28. The second-order valence-electron chi connectivity index (χ2n) is 4.52. The van der Waals surface area contributed by atoms with Crippen LogP contribution in [-0.4, -0.2) is 11.8 Å². The lowest BCUT2D eigenvalue weighted by Crippen LogP contribution is -2.38. The summed E-state index contributed by atoms with van der Waals surface area (Å²) in [6, 6.07) is 5.30. The Morgan fingerprint density at radius 1 is 1.25 bits per heavy atom. The fraction of sp³-hybridized carbons (Fsp3) is 0.214. The zero-order valence-corrected chi connectivity index (χ0v) is 11.3. The number of carbonyl (C=O) groups excluding carboxylic acids is 2. The predicted octanol–water partition coefficient (Wildman–Crippen LogP) is 1.30. The molecule has 0 aromatic carbocycles.